The second-order valence-electron chi connectivity index (χ2n) is 4.76. The Balaban J connectivity index is 1.89. The zero-order chi connectivity index (χ0) is 14.5. The molecule has 0 spiro atoms. The van der Waals surface area contributed by atoms with Gasteiger partial charge in [-0.05, 0) is 43.2 Å². The highest BCUT2D eigenvalue weighted by molar-refractivity contribution is 9.10. The Bertz CT molecular complexity index is 608. The van der Waals surface area contributed by atoms with Gasteiger partial charge in [-0.25, -0.2) is 4.79 Å². The van der Waals surface area contributed by atoms with Crippen molar-refractivity contribution >= 4 is 27.6 Å². The smallest absolute Gasteiger partial charge is 0.319 e. The molecule has 0 bridgehead atoms. The molecule has 20 heavy (non-hydrogen) atoms. The summed E-state index contributed by atoms with van der Waals surface area (Å²) < 4.78 is 1.03. The predicted octanol–water partition coefficient (Wildman–Crippen LogP) is 4.39. The molecular formula is C16H17BrN2O. The molecule has 104 valence electrons. The molecule has 3 nitrogen and oxygen atoms in total. The third kappa shape index (κ3) is 4.10. The molecule has 0 heterocycles. The van der Waals surface area contributed by atoms with E-state index in [0.717, 1.165) is 21.3 Å². The predicted molar refractivity (Wildman–Crippen MR) is 85.9 cm³/mol. The molecule has 0 aliphatic carbocycles. The minimum atomic E-state index is -0.202. The average Bonchev–Trinajstić information content (AvgIpc) is 2.42. The largest absolute Gasteiger partial charge is 0.334 e. The molecule has 4 heteroatoms. The van der Waals surface area contributed by atoms with Crippen molar-refractivity contribution in [2.45, 2.75) is 20.4 Å². The number of hydrogen-bond donors (Lipinski definition) is 2. The third-order valence-electron chi connectivity index (χ3n) is 2.99. The van der Waals surface area contributed by atoms with E-state index in [0.29, 0.717) is 6.54 Å². The van der Waals surface area contributed by atoms with Gasteiger partial charge in [0.15, 0.2) is 0 Å². The van der Waals surface area contributed by atoms with E-state index in [1.54, 1.807) is 0 Å². The molecule has 0 unspecified atom stereocenters. The van der Waals surface area contributed by atoms with Gasteiger partial charge in [-0.15, -0.1) is 0 Å². The zero-order valence-electron chi connectivity index (χ0n) is 11.5. The lowest BCUT2D eigenvalue weighted by atomic mass is 10.1. The molecule has 0 saturated carbocycles. The highest BCUT2D eigenvalue weighted by Gasteiger charge is 2.03. The molecule has 2 aromatic rings. The van der Waals surface area contributed by atoms with Crippen LogP contribution in [0.2, 0.25) is 0 Å². The number of carbonyl (C=O) groups excluding carboxylic acids is 1. The lowest BCUT2D eigenvalue weighted by Crippen LogP contribution is -2.28. The number of nitrogens with one attached hydrogen (secondary N) is 2. The van der Waals surface area contributed by atoms with Crippen LogP contribution in [0, 0.1) is 13.8 Å². The number of benzene rings is 2. The Kier molecular flexibility index (Phi) is 4.79. The minimum Gasteiger partial charge on any atom is -0.334 e. The van der Waals surface area contributed by atoms with Crippen molar-refractivity contribution in [1.29, 1.82) is 0 Å². The number of anilines is 1. The van der Waals surface area contributed by atoms with Crippen LogP contribution in [0.15, 0.2) is 46.9 Å². The van der Waals surface area contributed by atoms with E-state index in [1.165, 1.54) is 5.56 Å². The van der Waals surface area contributed by atoms with Gasteiger partial charge in [0.05, 0.1) is 0 Å². The van der Waals surface area contributed by atoms with Crippen molar-refractivity contribution in [3.63, 3.8) is 0 Å². The van der Waals surface area contributed by atoms with E-state index >= 15 is 0 Å². The Morgan fingerprint density at radius 3 is 2.45 bits per heavy atom. The zero-order valence-corrected chi connectivity index (χ0v) is 13.1. The van der Waals surface area contributed by atoms with Crippen molar-refractivity contribution in [2.24, 2.45) is 0 Å². The van der Waals surface area contributed by atoms with E-state index in [4.69, 9.17) is 0 Å². The van der Waals surface area contributed by atoms with Crippen LogP contribution in [0.4, 0.5) is 10.5 Å². The molecule has 2 aromatic carbocycles. The molecule has 2 N–H and O–H groups in total. The third-order valence-corrected chi connectivity index (χ3v) is 3.88. The molecule has 0 aromatic heterocycles. The Labute approximate surface area is 127 Å². The summed E-state index contributed by atoms with van der Waals surface area (Å²) in [6.07, 6.45) is 0. The van der Waals surface area contributed by atoms with Gasteiger partial charge in [-0.2, -0.15) is 0 Å². The number of urea groups is 1. The maximum Gasteiger partial charge on any atom is 0.319 e. The highest BCUT2D eigenvalue weighted by Crippen LogP contribution is 2.19. The molecule has 0 atom stereocenters. The van der Waals surface area contributed by atoms with E-state index in [1.807, 2.05) is 56.3 Å². The summed E-state index contributed by atoms with van der Waals surface area (Å²) in [7, 11) is 0. The second-order valence-corrected chi connectivity index (χ2v) is 5.61. The van der Waals surface area contributed by atoms with Gasteiger partial charge in [-0.1, -0.05) is 45.8 Å². The van der Waals surface area contributed by atoms with Crippen LogP contribution in [-0.4, -0.2) is 6.03 Å². The fourth-order valence-corrected chi connectivity index (χ4v) is 2.03. The summed E-state index contributed by atoms with van der Waals surface area (Å²) in [5.74, 6) is 0. The van der Waals surface area contributed by atoms with Gasteiger partial charge in [0.1, 0.15) is 0 Å². The fourth-order valence-electron chi connectivity index (χ4n) is 1.79. The van der Waals surface area contributed by atoms with Crippen LogP contribution in [0.3, 0.4) is 0 Å². The number of hydrogen-bond acceptors (Lipinski definition) is 1. The van der Waals surface area contributed by atoms with E-state index < -0.39 is 0 Å². The van der Waals surface area contributed by atoms with Crippen LogP contribution in [0.5, 0.6) is 0 Å². The number of amides is 2. The summed E-state index contributed by atoms with van der Waals surface area (Å²) in [6.45, 7) is 4.54. The van der Waals surface area contributed by atoms with Gasteiger partial charge < -0.3 is 10.6 Å². The first-order valence-corrected chi connectivity index (χ1v) is 7.20. The maximum absolute atomic E-state index is 11.8. The van der Waals surface area contributed by atoms with Crippen LogP contribution in [0.1, 0.15) is 16.7 Å². The van der Waals surface area contributed by atoms with Crippen molar-refractivity contribution in [2.75, 3.05) is 5.32 Å². The van der Waals surface area contributed by atoms with Gasteiger partial charge >= 0.3 is 6.03 Å². The minimum absolute atomic E-state index is 0.202. The molecule has 2 amide bonds. The van der Waals surface area contributed by atoms with E-state index in [9.17, 15) is 4.79 Å². The number of halogens is 1. The second kappa shape index (κ2) is 6.57. The normalized spacial score (nSPS) is 10.2. The summed E-state index contributed by atoms with van der Waals surface area (Å²) in [6, 6.07) is 13.6. The first-order valence-electron chi connectivity index (χ1n) is 6.41. The maximum atomic E-state index is 11.8. The molecule has 0 fully saturated rings. The van der Waals surface area contributed by atoms with Crippen LogP contribution >= 0.6 is 15.9 Å². The van der Waals surface area contributed by atoms with Crippen LogP contribution in [-0.2, 0) is 6.54 Å². The lowest BCUT2D eigenvalue weighted by Gasteiger charge is -2.09. The Hall–Kier alpha value is -1.81. The molecule has 0 aliphatic heterocycles. The Morgan fingerprint density at radius 2 is 1.80 bits per heavy atom. The topological polar surface area (TPSA) is 41.1 Å². The van der Waals surface area contributed by atoms with Gasteiger partial charge in [-0.3, -0.25) is 0 Å². The SMILES string of the molecule is Cc1ccc(CNC(=O)Nc2ccc(Br)c(C)c2)cc1. The lowest BCUT2D eigenvalue weighted by molar-refractivity contribution is 0.251. The first-order chi connectivity index (χ1) is 9.54. The van der Waals surface area contributed by atoms with Crippen LogP contribution < -0.4 is 10.6 Å². The fraction of sp³-hybridized carbons (Fsp3) is 0.188. The van der Waals surface area contributed by atoms with Gasteiger partial charge in [0, 0.05) is 16.7 Å². The van der Waals surface area contributed by atoms with Crippen molar-refractivity contribution in [3.8, 4) is 0 Å². The molecule has 0 saturated heterocycles. The summed E-state index contributed by atoms with van der Waals surface area (Å²) in [5.41, 5.74) is 4.16. The summed E-state index contributed by atoms with van der Waals surface area (Å²) >= 11 is 3.43. The monoisotopic (exact) mass is 332 g/mol. The molecular weight excluding hydrogens is 316 g/mol. The molecule has 0 aliphatic rings. The van der Waals surface area contributed by atoms with Gasteiger partial charge in [0.25, 0.3) is 0 Å². The molecule has 2 rings (SSSR count). The van der Waals surface area contributed by atoms with Crippen molar-refractivity contribution < 1.29 is 4.79 Å². The van der Waals surface area contributed by atoms with Crippen molar-refractivity contribution in [1.82, 2.24) is 5.32 Å². The number of rotatable bonds is 3. The van der Waals surface area contributed by atoms with E-state index in [-0.39, 0.29) is 6.03 Å². The molecule has 0 radical (unpaired) electrons. The van der Waals surface area contributed by atoms with Gasteiger partial charge in [0.2, 0.25) is 0 Å². The Morgan fingerprint density at radius 1 is 1.10 bits per heavy atom. The summed E-state index contributed by atoms with van der Waals surface area (Å²) in [5, 5.41) is 5.66. The number of aryl methyl sites for hydroxylation is 2. The first kappa shape index (κ1) is 14.6. The number of carbonyl (C=O) groups is 1. The van der Waals surface area contributed by atoms with Crippen molar-refractivity contribution in [3.05, 3.63) is 63.6 Å². The van der Waals surface area contributed by atoms with E-state index in [2.05, 4.69) is 26.6 Å². The summed E-state index contributed by atoms with van der Waals surface area (Å²) in [4.78, 5) is 11.8. The van der Waals surface area contributed by atoms with Crippen LogP contribution in [0.25, 0.3) is 0 Å². The standard InChI is InChI=1S/C16H17BrN2O/c1-11-3-5-13(6-4-11)10-18-16(20)19-14-7-8-15(17)12(2)9-14/h3-9H,10H2,1-2H3,(H2,18,19,20). The highest BCUT2D eigenvalue weighted by atomic mass is 79.9. The average molecular weight is 333 g/mol. The quantitative estimate of drug-likeness (QED) is 0.859.